The second-order valence-corrected chi connectivity index (χ2v) is 3.41. The molecule has 1 aromatic rings. The van der Waals surface area contributed by atoms with E-state index in [1.807, 2.05) is 36.4 Å². The van der Waals surface area contributed by atoms with Gasteiger partial charge in [0.2, 0.25) is 0 Å². The van der Waals surface area contributed by atoms with Gasteiger partial charge in [-0.1, -0.05) is 30.3 Å². The minimum Gasteiger partial charge on any atom is -0.313 e. The Bertz CT molecular complexity index is 568. The Hall–Kier alpha value is -2.34. The molecule has 0 amide bonds. The molecule has 2 aliphatic rings. The van der Waals surface area contributed by atoms with E-state index in [4.69, 9.17) is 0 Å². The van der Waals surface area contributed by atoms with Gasteiger partial charge in [0.05, 0.1) is 0 Å². The van der Waals surface area contributed by atoms with Crippen molar-refractivity contribution in [3.63, 3.8) is 0 Å². The average Bonchev–Trinajstić information content (AvgIpc) is 2.35. The highest BCUT2D eigenvalue weighted by molar-refractivity contribution is 5.76. The SMILES string of the molecule is FC#CNc1ccccc1.Fc1cc2ccc1-2. The minimum atomic E-state index is -0.0579. The Morgan fingerprint density at radius 3 is 2.12 bits per heavy atom. The summed E-state index contributed by atoms with van der Waals surface area (Å²) in [6, 6.07) is 16.5. The molecule has 3 rings (SSSR count). The van der Waals surface area contributed by atoms with Crippen LogP contribution in [-0.2, 0) is 0 Å². The molecule has 0 saturated heterocycles. The second-order valence-electron chi connectivity index (χ2n) is 3.41. The Labute approximate surface area is 98.1 Å². The number of anilines is 1. The van der Waals surface area contributed by atoms with Crippen LogP contribution in [0.2, 0.25) is 0 Å². The van der Waals surface area contributed by atoms with Gasteiger partial charge in [-0.15, -0.1) is 4.39 Å². The summed E-state index contributed by atoms with van der Waals surface area (Å²) in [6.07, 6.45) is 1.26. The van der Waals surface area contributed by atoms with Crippen molar-refractivity contribution in [1.29, 1.82) is 0 Å². The van der Waals surface area contributed by atoms with Crippen LogP contribution < -0.4 is 5.32 Å². The summed E-state index contributed by atoms with van der Waals surface area (Å²) in [6.45, 7) is 0. The maximum absolute atomic E-state index is 12.0. The van der Waals surface area contributed by atoms with E-state index in [0.29, 0.717) is 0 Å². The molecular weight excluding hydrogens is 220 g/mol. The van der Waals surface area contributed by atoms with Gasteiger partial charge in [0.1, 0.15) is 12.0 Å². The van der Waals surface area contributed by atoms with Gasteiger partial charge in [-0.25, -0.2) is 4.39 Å². The van der Waals surface area contributed by atoms with E-state index in [0.717, 1.165) is 16.8 Å². The van der Waals surface area contributed by atoms with E-state index in [1.54, 1.807) is 6.07 Å². The summed E-state index contributed by atoms with van der Waals surface area (Å²) in [5.74, 6) is -0.0579. The predicted molar refractivity (Wildman–Crippen MR) is 64.3 cm³/mol. The molecule has 0 radical (unpaired) electrons. The van der Waals surface area contributed by atoms with Crippen LogP contribution in [0.5, 0.6) is 0 Å². The molecule has 0 fully saturated rings. The highest BCUT2D eigenvalue weighted by Crippen LogP contribution is 2.34. The van der Waals surface area contributed by atoms with Crippen LogP contribution >= 0.6 is 0 Å². The number of hydrogen-bond donors (Lipinski definition) is 1. The fourth-order valence-corrected chi connectivity index (χ4v) is 1.36. The first kappa shape index (κ1) is 11.2. The van der Waals surface area contributed by atoms with Crippen LogP contribution in [0.4, 0.5) is 14.5 Å². The normalized spacial score (nSPS) is 9.29. The third kappa shape index (κ3) is 2.61. The van der Waals surface area contributed by atoms with Crippen molar-refractivity contribution in [2.45, 2.75) is 0 Å². The lowest BCUT2D eigenvalue weighted by Gasteiger charge is -2.13. The van der Waals surface area contributed by atoms with Gasteiger partial charge >= 0.3 is 0 Å². The third-order valence-electron chi connectivity index (χ3n) is 2.31. The summed E-state index contributed by atoms with van der Waals surface area (Å²) in [5, 5.41) is 2.56. The molecule has 0 spiro atoms. The highest BCUT2D eigenvalue weighted by Gasteiger charge is 2.14. The van der Waals surface area contributed by atoms with E-state index >= 15 is 0 Å². The summed E-state index contributed by atoms with van der Waals surface area (Å²) in [4.78, 5) is 0. The number of para-hydroxylation sites is 1. The number of benzene rings is 2. The van der Waals surface area contributed by atoms with Crippen LogP contribution in [0.25, 0.3) is 11.1 Å². The lowest BCUT2D eigenvalue weighted by atomic mass is 9.93. The summed E-state index contributed by atoms with van der Waals surface area (Å²) >= 11 is 0. The van der Waals surface area contributed by atoms with Crippen molar-refractivity contribution in [3.8, 4) is 23.3 Å². The quantitative estimate of drug-likeness (QED) is 0.494. The molecule has 0 aliphatic heterocycles. The van der Waals surface area contributed by atoms with E-state index in [2.05, 4.69) is 11.4 Å². The molecular formula is C14H9F2N. The Morgan fingerprint density at radius 2 is 1.76 bits per heavy atom. The van der Waals surface area contributed by atoms with Crippen LogP contribution in [-0.4, -0.2) is 0 Å². The molecule has 84 valence electrons. The molecule has 1 aromatic carbocycles. The Balaban J connectivity index is 0.000000134. The van der Waals surface area contributed by atoms with E-state index < -0.39 is 0 Å². The van der Waals surface area contributed by atoms with Crippen molar-refractivity contribution in [2.24, 2.45) is 0 Å². The zero-order valence-electron chi connectivity index (χ0n) is 8.87. The van der Waals surface area contributed by atoms with Gasteiger partial charge < -0.3 is 5.32 Å². The van der Waals surface area contributed by atoms with Crippen molar-refractivity contribution < 1.29 is 8.78 Å². The molecule has 17 heavy (non-hydrogen) atoms. The zero-order valence-corrected chi connectivity index (χ0v) is 8.87. The second kappa shape index (κ2) is 5.13. The fraction of sp³-hybridized carbons (Fsp3) is 0. The first-order chi connectivity index (χ1) is 8.31. The molecule has 1 N–H and O–H groups in total. The standard InChI is InChI=1S/C8H6FN.C6H3F/c9-6-7-10-8-4-2-1-3-5-8;7-6-3-4-1-2-5(4)6/h1-5,10H;1-3H. The maximum Gasteiger partial charge on any atom is 0.131 e. The predicted octanol–water partition coefficient (Wildman–Crippen LogP) is 3.79. The number of rotatable bonds is 1. The molecule has 0 aromatic heterocycles. The first-order valence-electron chi connectivity index (χ1n) is 5.03. The smallest absolute Gasteiger partial charge is 0.131 e. The lowest BCUT2D eigenvalue weighted by molar-refractivity contribution is 0.621. The number of nitrogens with one attached hydrogen (secondary N) is 1. The van der Waals surface area contributed by atoms with Crippen LogP contribution in [0.15, 0.2) is 48.5 Å². The lowest BCUT2D eigenvalue weighted by Crippen LogP contribution is -1.94. The van der Waals surface area contributed by atoms with Gasteiger partial charge in [0.15, 0.2) is 0 Å². The van der Waals surface area contributed by atoms with Gasteiger partial charge in [0, 0.05) is 17.3 Å². The molecule has 2 aliphatic carbocycles. The Kier molecular flexibility index (Phi) is 3.37. The van der Waals surface area contributed by atoms with Crippen LogP contribution in [0.1, 0.15) is 0 Å². The van der Waals surface area contributed by atoms with Gasteiger partial charge in [-0.05, 0) is 23.8 Å². The minimum absolute atomic E-state index is 0.0579. The molecule has 0 saturated carbocycles. The van der Waals surface area contributed by atoms with Crippen LogP contribution in [0.3, 0.4) is 0 Å². The monoisotopic (exact) mass is 229 g/mol. The third-order valence-corrected chi connectivity index (χ3v) is 2.31. The fourth-order valence-electron chi connectivity index (χ4n) is 1.36. The molecule has 0 bridgehead atoms. The average molecular weight is 229 g/mol. The van der Waals surface area contributed by atoms with Gasteiger partial charge in [0.25, 0.3) is 0 Å². The number of fused-ring (bicyclic) bond motifs is 1. The highest BCUT2D eigenvalue weighted by atomic mass is 19.1. The van der Waals surface area contributed by atoms with E-state index in [9.17, 15) is 8.78 Å². The molecule has 3 heteroatoms. The van der Waals surface area contributed by atoms with Crippen molar-refractivity contribution in [1.82, 2.24) is 0 Å². The molecule has 0 unspecified atom stereocenters. The van der Waals surface area contributed by atoms with E-state index in [-0.39, 0.29) is 5.82 Å². The summed E-state index contributed by atoms with van der Waals surface area (Å²) < 4.78 is 23.2. The first-order valence-corrected chi connectivity index (χ1v) is 5.03. The topological polar surface area (TPSA) is 12.0 Å². The summed E-state index contributed by atoms with van der Waals surface area (Å²) in [5.41, 5.74) is 2.67. The molecule has 0 heterocycles. The van der Waals surface area contributed by atoms with Crippen LogP contribution in [0, 0.1) is 18.0 Å². The number of halogens is 2. The largest absolute Gasteiger partial charge is 0.313 e. The number of hydrogen-bond acceptors (Lipinski definition) is 1. The summed E-state index contributed by atoms with van der Waals surface area (Å²) in [7, 11) is 0. The van der Waals surface area contributed by atoms with Crippen molar-refractivity contribution >= 4 is 5.69 Å². The van der Waals surface area contributed by atoms with Crippen molar-refractivity contribution in [3.05, 3.63) is 54.3 Å². The molecule has 0 atom stereocenters. The van der Waals surface area contributed by atoms with Crippen molar-refractivity contribution in [2.75, 3.05) is 5.32 Å². The zero-order chi connectivity index (χ0) is 12.1. The van der Waals surface area contributed by atoms with Gasteiger partial charge in [-0.3, -0.25) is 0 Å². The Morgan fingerprint density at radius 1 is 1.00 bits per heavy atom. The molecule has 1 nitrogen and oxygen atoms in total. The maximum atomic E-state index is 12.0. The van der Waals surface area contributed by atoms with E-state index in [1.165, 1.54) is 12.2 Å². The van der Waals surface area contributed by atoms with Gasteiger partial charge in [-0.2, -0.15) is 0 Å².